The van der Waals surface area contributed by atoms with Crippen molar-refractivity contribution in [1.82, 2.24) is 9.38 Å². The van der Waals surface area contributed by atoms with Gasteiger partial charge < -0.3 is 4.74 Å². The second-order valence-electron chi connectivity index (χ2n) is 6.05. The zero-order valence-corrected chi connectivity index (χ0v) is 14.9. The molecule has 0 saturated carbocycles. The molecule has 5 nitrogen and oxygen atoms in total. The molecular weight excluding hydrogens is 312 g/mol. The van der Waals surface area contributed by atoms with Crippen molar-refractivity contribution in [3.63, 3.8) is 0 Å². The molecule has 0 bridgehead atoms. The Bertz CT molecular complexity index is 837. The van der Waals surface area contributed by atoms with Gasteiger partial charge in [0.05, 0.1) is 18.0 Å². The van der Waals surface area contributed by atoms with Crippen LogP contribution < -0.4 is 4.74 Å². The number of hydrogen-bond donors (Lipinski definition) is 0. The molecular formula is C20H24N4O. The Balaban J connectivity index is 1.63. The van der Waals surface area contributed by atoms with Crippen LogP contribution in [0.5, 0.6) is 5.75 Å². The molecule has 0 aliphatic rings. The molecule has 25 heavy (non-hydrogen) atoms. The number of hydrogen-bond acceptors (Lipinski definition) is 4. The molecule has 2 aromatic heterocycles. The van der Waals surface area contributed by atoms with Gasteiger partial charge in [-0.2, -0.15) is 0 Å². The summed E-state index contributed by atoms with van der Waals surface area (Å²) in [5.74, 6) is 1.63. The topological polar surface area (TPSA) is 51.2 Å². The third-order valence-corrected chi connectivity index (χ3v) is 4.04. The first-order valence-corrected chi connectivity index (χ1v) is 8.86. The zero-order valence-electron chi connectivity index (χ0n) is 14.9. The van der Waals surface area contributed by atoms with Gasteiger partial charge in [-0.15, -0.1) is 10.2 Å². The van der Waals surface area contributed by atoms with E-state index < -0.39 is 0 Å². The average molecular weight is 336 g/mol. The van der Waals surface area contributed by atoms with Crippen LogP contribution in [-0.2, 0) is 0 Å². The van der Waals surface area contributed by atoms with Crippen molar-refractivity contribution < 1.29 is 4.74 Å². The van der Waals surface area contributed by atoms with Gasteiger partial charge >= 0.3 is 0 Å². The number of fused-ring (bicyclic) bond motifs is 1. The third-order valence-electron chi connectivity index (χ3n) is 4.04. The van der Waals surface area contributed by atoms with Gasteiger partial charge in [0.25, 0.3) is 0 Å². The summed E-state index contributed by atoms with van der Waals surface area (Å²) in [7, 11) is 0. The highest BCUT2D eigenvalue weighted by Gasteiger charge is 2.06. The van der Waals surface area contributed by atoms with Gasteiger partial charge in [0.2, 0.25) is 0 Å². The number of unbranched alkanes of at least 4 members (excludes halogenated alkanes) is 3. The number of benzene rings is 1. The smallest absolute Gasteiger partial charge is 0.182 e. The predicted molar refractivity (Wildman–Crippen MR) is 100 cm³/mol. The molecule has 0 radical (unpaired) electrons. The Hall–Kier alpha value is -2.69. The largest absolute Gasteiger partial charge is 0.494 e. The lowest BCUT2D eigenvalue weighted by atomic mass is 10.2. The number of aromatic nitrogens is 2. The molecule has 0 N–H and O–H groups in total. The molecule has 5 heteroatoms. The number of ether oxygens (including phenoxy) is 1. The summed E-state index contributed by atoms with van der Waals surface area (Å²) in [6.07, 6.45) is 6.78. The van der Waals surface area contributed by atoms with Crippen molar-refractivity contribution in [1.29, 1.82) is 0 Å². The van der Waals surface area contributed by atoms with Crippen molar-refractivity contribution in [3.8, 4) is 5.75 Å². The summed E-state index contributed by atoms with van der Waals surface area (Å²) in [4.78, 5) is 4.48. The van der Waals surface area contributed by atoms with Crippen LogP contribution in [0.15, 0.2) is 58.9 Å². The van der Waals surface area contributed by atoms with E-state index in [4.69, 9.17) is 4.74 Å². The zero-order chi connectivity index (χ0) is 17.5. The number of nitrogens with zero attached hydrogens (tertiary/aromatic N) is 4. The van der Waals surface area contributed by atoms with Crippen molar-refractivity contribution in [2.75, 3.05) is 6.61 Å². The molecule has 0 aliphatic carbocycles. The molecule has 0 aliphatic heterocycles. The van der Waals surface area contributed by atoms with E-state index in [1.807, 2.05) is 60.0 Å². The Morgan fingerprint density at radius 3 is 2.64 bits per heavy atom. The van der Waals surface area contributed by atoms with E-state index in [0.29, 0.717) is 0 Å². The van der Waals surface area contributed by atoms with Crippen molar-refractivity contribution in [2.24, 2.45) is 10.2 Å². The van der Waals surface area contributed by atoms with E-state index in [9.17, 15) is 0 Å². The van der Waals surface area contributed by atoms with E-state index in [-0.39, 0.29) is 0 Å². The Morgan fingerprint density at radius 2 is 1.84 bits per heavy atom. The molecule has 130 valence electrons. The lowest BCUT2D eigenvalue weighted by Crippen LogP contribution is -1.96. The monoisotopic (exact) mass is 336 g/mol. The maximum absolute atomic E-state index is 5.75. The second-order valence-corrected chi connectivity index (χ2v) is 6.05. The molecule has 0 fully saturated rings. The number of azo groups is 1. The minimum atomic E-state index is 0.756. The summed E-state index contributed by atoms with van der Waals surface area (Å²) >= 11 is 0. The number of rotatable bonds is 8. The highest BCUT2D eigenvalue weighted by molar-refractivity contribution is 5.51. The van der Waals surface area contributed by atoms with Gasteiger partial charge in [0.1, 0.15) is 11.4 Å². The first-order chi connectivity index (χ1) is 12.3. The van der Waals surface area contributed by atoms with Crippen LogP contribution in [0, 0.1) is 6.92 Å². The van der Waals surface area contributed by atoms with Gasteiger partial charge in [-0.3, -0.25) is 4.40 Å². The summed E-state index contributed by atoms with van der Waals surface area (Å²) in [5.41, 5.74) is 2.53. The van der Waals surface area contributed by atoms with Crippen LogP contribution in [-0.4, -0.2) is 16.0 Å². The average Bonchev–Trinajstić information content (AvgIpc) is 2.96. The van der Waals surface area contributed by atoms with Gasteiger partial charge in [0, 0.05) is 6.20 Å². The molecule has 3 aromatic rings. The highest BCUT2D eigenvalue weighted by Crippen LogP contribution is 2.24. The summed E-state index contributed by atoms with van der Waals surface area (Å²) in [5, 5.41) is 8.70. The van der Waals surface area contributed by atoms with Crippen LogP contribution in [0.25, 0.3) is 5.65 Å². The lowest BCUT2D eigenvalue weighted by molar-refractivity contribution is 0.305. The van der Waals surface area contributed by atoms with Gasteiger partial charge in [-0.1, -0.05) is 32.3 Å². The Morgan fingerprint density at radius 1 is 1.00 bits per heavy atom. The lowest BCUT2D eigenvalue weighted by Gasteiger charge is -2.05. The normalized spacial score (nSPS) is 11.4. The fraction of sp³-hybridized carbons (Fsp3) is 0.350. The molecule has 0 spiro atoms. The first-order valence-electron chi connectivity index (χ1n) is 8.86. The maximum atomic E-state index is 5.75. The molecule has 0 unspecified atom stereocenters. The predicted octanol–water partition coefficient (Wildman–Crippen LogP) is 6.02. The van der Waals surface area contributed by atoms with E-state index in [1.54, 1.807) is 0 Å². The number of pyridine rings is 1. The van der Waals surface area contributed by atoms with Gasteiger partial charge in [0.15, 0.2) is 5.82 Å². The molecule has 2 heterocycles. The standard InChI is InChI=1S/C20H24N4O/c1-3-4-5-8-15-25-18-12-10-17(11-13-18)22-23-20-16(2)21-19-9-6-7-14-24(19)20/h6-7,9-14H,3-5,8,15H2,1-2H3. The Kier molecular flexibility index (Phi) is 5.77. The number of aryl methyl sites for hydroxylation is 1. The minimum Gasteiger partial charge on any atom is -0.494 e. The van der Waals surface area contributed by atoms with E-state index in [1.165, 1.54) is 19.3 Å². The summed E-state index contributed by atoms with van der Waals surface area (Å²) in [6, 6.07) is 13.6. The van der Waals surface area contributed by atoms with E-state index >= 15 is 0 Å². The van der Waals surface area contributed by atoms with Gasteiger partial charge in [-0.05, 0) is 49.7 Å². The van der Waals surface area contributed by atoms with Gasteiger partial charge in [-0.25, -0.2) is 4.98 Å². The summed E-state index contributed by atoms with van der Waals surface area (Å²) < 4.78 is 7.69. The SMILES string of the molecule is CCCCCCOc1ccc(N=Nc2c(C)nc3ccccn23)cc1. The van der Waals surface area contributed by atoms with E-state index in [2.05, 4.69) is 22.1 Å². The van der Waals surface area contributed by atoms with Crippen molar-refractivity contribution in [2.45, 2.75) is 39.5 Å². The third kappa shape index (κ3) is 4.44. The maximum Gasteiger partial charge on any atom is 0.182 e. The van der Waals surface area contributed by atoms with Crippen LogP contribution in [0.1, 0.15) is 38.3 Å². The molecule has 0 saturated heterocycles. The minimum absolute atomic E-state index is 0.756. The Labute approximate surface area is 148 Å². The molecule has 0 atom stereocenters. The molecule has 0 amide bonds. The fourth-order valence-electron chi connectivity index (χ4n) is 2.65. The first kappa shape index (κ1) is 17.1. The van der Waals surface area contributed by atoms with Crippen molar-refractivity contribution in [3.05, 3.63) is 54.4 Å². The van der Waals surface area contributed by atoms with Crippen LogP contribution in [0.4, 0.5) is 11.5 Å². The fourth-order valence-corrected chi connectivity index (χ4v) is 2.65. The highest BCUT2D eigenvalue weighted by atomic mass is 16.5. The quantitative estimate of drug-likeness (QED) is 0.373. The van der Waals surface area contributed by atoms with Crippen LogP contribution in [0.3, 0.4) is 0 Å². The summed E-state index contributed by atoms with van der Waals surface area (Å²) in [6.45, 7) is 4.92. The number of imidazole rings is 1. The molecule has 3 rings (SSSR count). The second kappa shape index (κ2) is 8.42. The van der Waals surface area contributed by atoms with E-state index in [0.717, 1.165) is 41.6 Å². The molecule has 1 aromatic carbocycles. The van der Waals surface area contributed by atoms with Crippen molar-refractivity contribution >= 4 is 17.2 Å². The van der Waals surface area contributed by atoms with Crippen LogP contribution >= 0.6 is 0 Å². The van der Waals surface area contributed by atoms with Crippen LogP contribution in [0.2, 0.25) is 0 Å².